The lowest BCUT2D eigenvalue weighted by atomic mass is 9.67. The van der Waals surface area contributed by atoms with Gasteiger partial charge in [-0.2, -0.15) is 8.42 Å². The van der Waals surface area contributed by atoms with Crippen molar-refractivity contribution in [3.8, 4) is 0 Å². The summed E-state index contributed by atoms with van der Waals surface area (Å²) >= 11 is 6.31. The number of carbonyl (C=O) groups excluding carboxylic acids is 1. The Kier molecular flexibility index (Phi) is 7.91. The minimum Gasteiger partial charge on any atom is -0.336 e. The number of nitrogens with two attached hydrogens (primary N) is 1. The van der Waals surface area contributed by atoms with E-state index < -0.39 is 15.6 Å². The molecule has 34 heavy (non-hydrogen) atoms. The van der Waals surface area contributed by atoms with Gasteiger partial charge in [-0.05, 0) is 86.7 Å². The van der Waals surface area contributed by atoms with Crippen LogP contribution >= 0.6 is 11.6 Å². The van der Waals surface area contributed by atoms with Gasteiger partial charge in [0, 0.05) is 30.7 Å². The molecule has 1 spiro atoms. The number of amides is 1. The van der Waals surface area contributed by atoms with Crippen molar-refractivity contribution in [3.05, 3.63) is 34.3 Å². The van der Waals surface area contributed by atoms with E-state index in [4.69, 9.17) is 16.7 Å². The number of benzene rings is 1. The molecule has 3 aliphatic rings. The van der Waals surface area contributed by atoms with Gasteiger partial charge in [0.15, 0.2) is 0 Å². The standard InChI is InChI=1S/C24H38ClN5O3S/c1-17(2)18-3-6-21(7-4-18)29-12-9-24(10-13-29)22-8-5-20(25)15-19(22)16-30(23(24)31)14-11-27-28-34(26,32)33/h5,8,15,17-18,21,27-28H,3-4,6-7,9-14,16H2,1-2H3,(H2,26,32,33). The second-order valence-electron chi connectivity index (χ2n) is 10.5. The number of rotatable bonds is 7. The third kappa shape index (κ3) is 5.60. The van der Waals surface area contributed by atoms with Crippen molar-refractivity contribution in [1.29, 1.82) is 0 Å². The molecule has 1 amide bonds. The lowest BCUT2D eigenvalue weighted by Crippen LogP contribution is -2.58. The van der Waals surface area contributed by atoms with Crippen molar-refractivity contribution in [2.24, 2.45) is 17.0 Å². The van der Waals surface area contributed by atoms with Crippen molar-refractivity contribution in [3.63, 3.8) is 0 Å². The van der Waals surface area contributed by atoms with Gasteiger partial charge < -0.3 is 9.80 Å². The first-order chi connectivity index (χ1) is 16.1. The van der Waals surface area contributed by atoms with Crippen LogP contribution < -0.4 is 15.4 Å². The molecule has 1 saturated carbocycles. The zero-order valence-electron chi connectivity index (χ0n) is 20.2. The predicted octanol–water partition coefficient (Wildman–Crippen LogP) is 2.53. The van der Waals surface area contributed by atoms with Crippen molar-refractivity contribution in [2.75, 3.05) is 26.2 Å². The van der Waals surface area contributed by atoms with E-state index in [1.165, 1.54) is 25.7 Å². The van der Waals surface area contributed by atoms with E-state index in [0.29, 0.717) is 24.2 Å². The second-order valence-corrected chi connectivity index (χ2v) is 12.3. The van der Waals surface area contributed by atoms with Gasteiger partial charge in [-0.25, -0.2) is 10.6 Å². The van der Waals surface area contributed by atoms with Gasteiger partial charge in [0.25, 0.3) is 10.2 Å². The lowest BCUT2D eigenvalue weighted by molar-refractivity contribution is -0.142. The topological polar surface area (TPSA) is 108 Å². The molecule has 0 bridgehead atoms. The largest absolute Gasteiger partial charge is 0.336 e. The monoisotopic (exact) mass is 511 g/mol. The fraction of sp³-hybridized carbons (Fsp3) is 0.708. The Balaban J connectivity index is 1.46. The highest BCUT2D eigenvalue weighted by atomic mass is 35.5. The molecule has 10 heteroatoms. The summed E-state index contributed by atoms with van der Waals surface area (Å²) in [7, 11) is -3.83. The number of likely N-dealkylation sites (tertiary alicyclic amines) is 1. The maximum absolute atomic E-state index is 13.8. The van der Waals surface area contributed by atoms with E-state index in [9.17, 15) is 13.2 Å². The van der Waals surface area contributed by atoms with Crippen LogP contribution in [0.1, 0.15) is 63.5 Å². The molecule has 0 unspecified atom stereocenters. The smallest absolute Gasteiger partial charge is 0.287 e. The Morgan fingerprint density at radius 3 is 2.47 bits per heavy atom. The average molecular weight is 512 g/mol. The maximum Gasteiger partial charge on any atom is 0.287 e. The number of hydrazine groups is 1. The van der Waals surface area contributed by atoms with Crippen molar-refractivity contribution in [1.82, 2.24) is 20.1 Å². The molecule has 1 aromatic rings. The molecule has 1 aromatic carbocycles. The SMILES string of the molecule is CC(C)C1CCC(N2CCC3(CC2)C(=O)N(CCNNS(N)(=O)=O)Cc2cc(Cl)ccc23)CC1. The van der Waals surface area contributed by atoms with E-state index in [-0.39, 0.29) is 12.5 Å². The number of nitrogens with one attached hydrogen (secondary N) is 2. The first-order valence-corrected chi connectivity index (χ1v) is 14.4. The first kappa shape index (κ1) is 25.9. The number of hydrogen-bond donors (Lipinski definition) is 3. The molecule has 2 heterocycles. The molecule has 0 radical (unpaired) electrons. The number of fused-ring (bicyclic) bond motifs is 2. The Labute approximate surface area is 208 Å². The first-order valence-electron chi connectivity index (χ1n) is 12.4. The molecule has 2 fully saturated rings. The van der Waals surface area contributed by atoms with E-state index >= 15 is 0 Å². The quantitative estimate of drug-likeness (QED) is 0.385. The van der Waals surface area contributed by atoms with Crippen LogP contribution in [0.25, 0.3) is 0 Å². The lowest BCUT2D eigenvalue weighted by Gasteiger charge is -2.49. The zero-order valence-corrected chi connectivity index (χ0v) is 21.8. The predicted molar refractivity (Wildman–Crippen MR) is 134 cm³/mol. The number of nitrogens with zero attached hydrogens (tertiary/aromatic N) is 2. The number of carbonyl (C=O) groups is 1. The molecule has 4 N–H and O–H groups in total. The van der Waals surface area contributed by atoms with Crippen LogP contribution in [0.2, 0.25) is 5.02 Å². The summed E-state index contributed by atoms with van der Waals surface area (Å²) in [4.78, 5) is 20.3. The van der Waals surface area contributed by atoms with Gasteiger partial charge in [0.2, 0.25) is 5.91 Å². The fourth-order valence-electron chi connectivity index (χ4n) is 6.27. The number of piperidine rings is 1. The molecule has 1 aliphatic carbocycles. The number of halogens is 1. The highest BCUT2D eigenvalue weighted by Gasteiger charge is 2.49. The van der Waals surface area contributed by atoms with Crippen LogP contribution in [0.15, 0.2) is 18.2 Å². The molecule has 4 rings (SSSR count). The molecule has 8 nitrogen and oxygen atoms in total. The van der Waals surface area contributed by atoms with Crippen LogP contribution in [0.5, 0.6) is 0 Å². The van der Waals surface area contributed by atoms with Crippen LogP contribution in [0, 0.1) is 11.8 Å². The highest BCUT2D eigenvalue weighted by molar-refractivity contribution is 7.87. The molecule has 0 atom stereocenters. The van der Waals surface area contributed by atoms with E-state index in [1.54, 1.807) is 0 Å². The summed E-state index contributed by atoms with van der Waals surface area (Å²) in [6.07, 6.45) is 6.71. The summed E-state index contributed by atoms with van der Waals surface area (Å²) in [5.74, 6) is 1.73. The Hall–Kier alpha value is -1.23. The van der Waals surface area contributed by atoms with E-state index in [2.05, 4.69) is 29.0 Å². The summed E-state index contributed by atoms with van der Waals surface area (Å²) in [6, 6.07) is 6.52. The van der Waals surface area contributed by atoms with Crippen molar-refractivity contribution >= 4 is 27.7 Å². The van der Waals surface area contributed by atoms with Crippen LogP contribution in [0.3, 0.4) is 0 Å². The molecule has 190 valence electrons. The zero-order chi connectivity index (χ0) is 24.5. The van der Waals surface area contributed by atoms with Gasteiger partial charge >= 0.3 is 0 Å². The van der Waals surface area contributed by atoms with Crippen molar-refractivity contribution < 1.29 is 13.2 Å². The third-order valence-electron chi connectivity index (χ3n) is 8.21. The fourth-order valence-corrected chi connectivity index (χ4v) is 6.76. The van der Waals surface area contributed by atoms with Crippen molar-refractivity contribution in [2.45, 2.75) is 70.4 Å². The highest BCUT2D eigenvalue weighted by Crippen LogP contribution is 2.44. The average Bonchev–Trinajstić information content (AvgIpc) is 2.79. The van der Waals surface area contributed by atoms with Gasteiger partial charge in [-0.1, -0.05) is 31.5 Å². The minimum atomic E-state index is -3.83. The van der Waals surface area contributed by atoms with Gasteiger partial charge in [0.1, 0.15) is 0 Å². The van der Waals surface area contributed by atoms with Crippen LogP contribution in [-0.4, -0.2) is 56.3 Å². The van der Waals surface area contributed by atoms with Gasteiger partial charge in [-0.15, -0.1) is 4.83 Å². The Bertz CT molecular complexity index is 986. The number of hydrogen-bond acceptors (Lipinski definition) is 5. The molecular formula is C24H38ClN5O3S. The molecule has 2 aliphatic heterocycles. The maximum atomic E-state index is 13.8. The summed E-state index contributed by atoms with van der Waals surface area (Å²) in [6.45, 7) is 7.61. The van der Waals surface area contributed by atoms with Gasteiger partial charge in [-0.3, -0.25) is 4.79 Å². The van der Waals surface area contributed by atoms with Crippen LogP contribution in [0.4, 0.5) is 0 Å². The molecule has 1 saturated heterocycles. The van der Waals surface area contributed by atoms with E-state index in [1.807, 2.05) is 23.1 Å². The summed E-state index contributed by atoms with van der Waals surface area (Å²) in [5, 5.41) is 5.63. The van der Waals surface area contributed by atoms with E-state index in [0.717, 1.165) is 48.9 Å². The third-order valence-corrected chi connectivity index (χ3v) is 8.88. The summed E-state index contributed by atoms with van der Waals surface area (Å²) < 4.78 is 22.2. The minimum absolute atomic E-state index is 0.128. The normalized spacial score (nSPS) is 25.7. The van der Waals surface area contributed by atoms with Crippen LogP contribution in [-0.2, 0) is 27.0 Å². The second kappa shape index (κ2) is 10.4. The molecular weight excluding hydrogens is 474 g/mol. The Morgan fingerprint density at radius 1 is 1.18 bits per heavy atom. The summed E-state index contributed by atoms with van der Waals surface area (Å²) in [5.41, 5.74) is 4.23. The molecule has 0 aromatic heterocycles. The Morgan fingerprint density at radius 2 is 1.85 bits per heavy atom. The van der Waals surface area contributed by atoms with Gasteiger partial charge in [0.05, 0.1) is 5.41 Å².